The summed E-state index contributed by atoms with van der Waals surface area (Å²) in [7, 11) is 2.13. The van der Waals surface area contributed by atoms with Gasteiger partial charge in [0.2, 0.25) is 0 Å². The molecule has 0 unspecified atom stereocenters. The van der Waals surface area contributed by atoms with Crippen molar-refractivity contribution in [2.75, 3.05) is 20.8 Å². The average Bonchev–Trinajstić information content (AvgIpc) is 2.37. The molecule has 19 heavy (non-hydrogen) atoms. The molecule has 0 bridgehead atoms. The zero-order valence-electron chi connectivity index (χ0n) is 12.2. The Bertz CT molecular complexity index is 412. The summed E-state index contributed by atoms with van der Waals surface area (Å²) in [6.07, 6.45) is 0. The maximum absolute atomic E-state index is 12.2. The van der Waals surface area contributed by atoms with Crippen molar-refractivity contribution < 1.29 is 13.7 Å². The Morgan fingerprint density at radius 2 is 1.79 bits per heavy atom. The predicted octanol–water partition coefficient (Wildman–Crippen LogP) is 2.43. The lowest BCUT2D eigenvalue weighted by Gasteiger charge is -2.24. The van der Waals surface area contributed by atoms with Crippen molar-refractivity contribution in [3.63, 3.8) is 0 Å². The Morgan fingerprint density at radius 1 is 1.21 bits per heavy atom. The van der Waals surface area contributed by atoms with Crippen LogP contribution in [0.5, 0.6) is 5.75 Å². The molecule has 0 amide bonds. The van der Waals surface area contributed by atoms with Crippen molar-refractivity contribution in [2.24, 2.45) is 0 Å². The molecule has 2 atom stereocenters. The fourth-order valence-electron chi connectivity index (χ4n) is 1.51. The van der Waals surface area contributed by atoms with E-state index in [1.54, 1.807) is 14.2 Å². The number of methoxy groups -OCH3 is 2. The molecule has 1 aromatic rings. The van der Waals surface area contributed by atoms with Crippen LogP contribution in [0.15, 0.2) is 24.3 Å². The first-order valence-electron chi connectivity index (χ1n) is 6.19. The van der Waals surface area contributed by atoms with Crippen molar-refractivity contribution in [2.45, 2.75) is 31.6 Å². The molecule has 4 nitrogen and oxygen atoms in total. The molecule has 0 radical (unpaired) electrons. The van der Waals surface area contributed by atoms with E-state index in [0.717, 1.165) is 11.3 Å². The van der Waals surface area contributed by atoms with Crippen LogP contribution in [-0.4, -0.2) is 29.8 Å². The van der Waals surface area contributed by atoms with E-state index in [1.807, 2.05) is 45.0 Å². The van der Waals surface area contributed by atoms with E-state index in [0.29, 0.717) is 6.61 Å². The number of benzene rings is 1. The van der Waals surface area contributed by atoms with Gasteiger partial charge >= 0.3 is 0 Å². The number of nitrogens with one attached hydrogen (secondary N) is 1. The third-order valence-electron chi connectivity index (χ3n) is 2.66. The highest BCUT2D eigenvalue weighted by molar-refractivity contribution is 7.84. The summed E-state index contributed by atoms with van der Waals surface area (Å²) < 4.78 is 25.3. The lowest BCUT2D eigenvalue weighted by molar-refractivity contribution is 0.176. The molecule has 1 rings (SSSR count). The summed E-state index contributed by atoms with van der Waals surface area (Å²) in [4.78, 5) is 0. The molecule has 0 aliphatic carbocycles. The number of ether oxygens (including phenoxy) is 2. The van der Waals surface area contributed by atoms with Gasteiger partial charge in [0.1, 0.15) is 5.75 Å². The van der Waals surface area contributed by atoms with Crippen LogP contribution >= 0.6 is 0 Å². The quantitative estimate of drug-likeness (QED) is 0.873. The van der Waals surface area contributed by atoms with E-state index in [1.165, 1.54) is 0 Å². The highest BCUT2D eigenvalue weighted by Crippen LogP contribution is 2.20. The van der Waals surface area contributed by atoms with Crippen LogP contribution in [0.4, 0.5) is 0 Å². The van der Waals surface area contributed by atoms with E-state index in [9.17, 15) is 4.21 Å². The first-order chi connectivity index (χ1) is 8.88. The molecule has 0 saturated carbocycles. The van der Waals surface area contributed by atoms with Gasteiger partial charge in [0.15, 0.2) is 0 Å². The highest BCUT2D eigenvalue weighted by atomic mass is 32.2. The van der Waals surface area contributed by atoms with Crippen molar-refractivity contribution in [1.29, 1.82) is 0 Å². The first-order valence-corrected chi connectivity index (χ1v) is 7.34. The van der Waals surface area contributed by atoms with Crippen molar-refractivity contribution in [3.05, 3.63) is 29.8 Å². The molecule has 0 spiro atoms. The third kappa shape index (κ3) is 4.93. The van der Waals surface area contributed by atoms with E-state index in [2.05, 4.69) is 4.72 Å². The molecular formula is C14H23NO3S. The fourth-order valence-corrected chi connectivity index (χ4v) is 2.32. The number of hydrogen-bond acceptors (Lipinski definition) is 3. The predicted molar refractivity (Wildman–Crippen MR) is 78.6 cm³/mol. The summed E-state index contributed by atoms with van der Waals surface area (Å²) in [5.41, 5.74) is 1.03. The number of hydrogen-bond donors (Lipinski definition) is 1. The lowest BCUT2D eigenvalue weighted by atomic mass is 10.1. The van der Waals surface area contributed by atoms with Gasteiger partial charge in [0.25, 0.3) is 0 Å². The SMILES string of the molecule is COC[C@H](N[S@](=O)C(C)(C)C)c1ccc(OC)cc1. The van der Waals surface area contributed by atoms with Crippen molar-refractivity contribution in [3.8, 4) is 5.75 Å². The second-order valence-corrected chi connectivity index (χ2v) is 7.28. The minimum absolute atomic E-state index is 0.101. The second-order valence-electron chi connectivity index (χ2n) is 5.28. The van der Waals surface area contributed by atoms with Gasteiger partial charge < -0.3 is 9.47 Å². The maximum atomic E-state index is 12.2. The van der Waals surface area contributed by atoms with Crippen LogP contribution < -0.4 is 9.46 Å². The first kappa shape index (κ1) is 16.1. The Morgan fingerprint density at radius 3 is 2.21 bits per heavy atom. The van der Waals surface area contributed by atoms with Gasteiger partial charge in [-0.25, -0.2) is 8.93 Å². The van der Waals surface area contributed by atoms with Crippen molar-refractivity contribution in [1.82, 2.24) is 4.72 Å². The minimum atomic E-state index is -1.14. The minimum Gasteiger partial charge on any atom is -0.497 e. The van der Waals surface area contributed by atoms with Crippen LogP contribution in [0.2, 0.25) is 0 Å². The topological polar surface area (TPSA) is 47.6 Å². The van der Waals surface area contributed by atoms with Gasteiger partial charge in [0.05, 0.1) is 35.5 Å². The van der Waals surface area contributed by atoms with Gasteiger partial charge in [0, 0.05) is 7.11 Å². The smallest absolute Gasteiger partial charge is 0.118 e. The molecule has 108 valence electrons. The highest BCUT2D eigenvalue weighted by Gasteiger charge is 2.23. The monoisotopic (exact) mass is 285 g/mol. The normalized spacial score (nSPS) is 15.0. The van der Waals surface area contributed by atoms with E-state index >= 15 is 0 Å². The zero-order valence-corrected chi connectivity index (χ0v) is 13.0. The molecule has 0 aliphatic heterocycles. The van der Waals surface area contributed by atoms with Crippen molar-refractivity contribution >= 4 is 11.0 Å². The van der Waals surface area contributed by atoms with Crippen LogP contribution in [-0.2, 0) is 15.7 Å². The standard InChI is InChI=1S/C14H23NO3S/c1-14(2,3)19(16)15-13(10-17-4)11-6-8-12(18-5)9-7-11/h6-9,13,15H,10H2,1-5H3/t13-,19+/m0/s1. The molecule has 1 N–H and O–H groups in total. The summed E-state index contributed by atoms with van der Waals surface area (Å²) in [6.45, 7) is 6.28. The number of rotatable bonds is 6. The van der Waals surface area contributed by atoms with Gasteiger partial charge in [-0.2, -0.15) is 0 Å². The van der Waals surface area contributed by atoms with E-state index < -0.39 is 11.0 Å². The van der Waals surface area contributed by atoms with Gasteiger partial charge in [-0.1, -0.05) is 12.1 Å². The summed E-state index contributed by atoms with van der Waals surface area (Å²) >= 11 is 0. The Balaban J connectivity index is 2.84. The maximum Gasteiger partial charge on any atom is 0.118 e. The Kier molecular flexibility index (Phi) is 5.97. The molecule has 0 aliphatic rings. The van der Waals surface area contributed by atoms with E-state index in [-0.39, 0.29) is 10.8 Å². The average molecular weight is 285 g/mol. The van der Waals surface area contributed by atoms with Gasteiger partial charge in [-0.3, -0.25) is 0 Å². The lowest BCUT2D eigenvalue weighted by Crippen LogP contribution is -2.37. The Labute approximate surface area is 118 Å². The summed E-state index contributed by atoms with van der Waals surface area (Å²) in [6, 6.07) is 7.58. The summed E-state index contributed by atoms with van der Waals surface area (Å²) in [5.74, 6) is 0.803. The van der Waals surface area contributed by atoms with Gasteiger partial charge in [-0.15, -0.1) is 0 Å². The zero-order chi connectivity index (χ0) is 14.5. The van der Waals surface area contributed by atoms with Crippen LogP contribution in [0.1, 0.15) is 32.4 Å². The molecule has 0 aromatic heterocycles. The second kappa shape index (κ2) is 7.03. The molecule has 0 saturated heterocycles. The molecule has 5 heteroatoms. The molecule has 0 heterocycles. The van der Waals surface area contributed by atoms with Crippen LogP contribution in [0.25, 0.3) is 0 Å². The molecule has 0 fully saturated rings. The summed E-state index contributed by atoms with van der Waals surface area (Å²) in [5, 5.41) is 0. The Hall–Kier alpha value is -0.910. The third-order valence-corrected chi connectivity index (χ3v) is 4.27. The largest absolute Gasteiger partial charge is 0.497 e. The molecule has 1 aromatic carbocycles. The van der Waals surface area contributed by atoms with E-state index in [4.69, 9.17) is 9.47 Å². The fraction of sp³-hybridized carbons (Fsp3) is 0.571. The van der Waals surface area contributed by atoms with Gasteiger partial charge in [-0.05, 0) is 38.5 Å². The van der Waals surface area contributed by atoms with Crippen LogP contribution in [0.3, 0.4) is 0 Å². The molecular weight excluding hydrogens is 262 g/mol. The van der Waals surface area contributed by atoms with Crippen LogP contribution in [0, 0.1) is 0 Å².